The Kier molecular flexibility index (Phi) is 2.74. The zero-order valence-electron chi connectivity index (χ0n) is 10.3. The van der Waals surface area contributed by atoms with Crippen LogP contribution >= 0.6 is 0 Å². The summed E-state index contributed by atoms with van der Waals surface area (Å²) in [6.45, 7) is 1.18. The highest BCUT2D eigenvalue weighted by atomic mass is 16.3. The van der Waals surface area contributed by atoms with Gasteiger partial charge in [0.05, 0.1) is 0 Å². The first-order valence-corrected chi connectivity index (χ1v) is 6.25. The Morgan fingerprint density at radius 3 is 2.74 bits per heavy atom. The van der Waals surface area contributed by atoms with E-state index in [1.165, 1.54) is 17.1 Å². The van der Waals surface area contributed by atoms with Gasteiger partial charge in [0, 0.05) is 36.8 Å². The zero-order chi connectivity index (χ0) is 13.4. The summed E-state index contributed by atoms with van der Waals surface area (Å²) >= 11 is 0. The van der Waals surface area contributed by atoms with Crippen LogP contribution in [0.15, 0.2) is 30.4 Å². The van der Waals surface area contributed by atoms with Crippen molar-refractivity contribution < 1.29 is 14.7 Å². The molecule has 5 heteroatoms. The molecule has 98 valence electrons. The van der Waals surface area contributed by atoms with Gasteiger partial charge < -0.3 is 10.4 Å². The standard InChI is InChI=1S/C14H14N2O3/c17-10-1-2-12-11(7-10)9(8-15-12)5-6-16-13(18)3-4-14(16)19/h1-4,7,9,15,17H,5-6,8H2. The molecule has 1 atom stereocenters. The number of amides is 2. The summed E-state index contributed by atoms with van der Waals surface area (Å²) < 4.78 is 0. The lowest BCUT2D eigenvalue weighted by molar-refractivity contribution is -0.136. The van der Waals surface area contributed by atoms with Crippen LogP contribution in [0, 0.1) is 0 Å². The molecule has 0 saturated carbocycles. The van der Waals surface area contributed by atoms with Crippen molar-refractivity contribution in [1.29, 1.82) is 0 Å². The summed E-state index contributed by atoms with van der Waals surface area (Å²) in [5, 5.41) is 12.8. The van der Waals surface area contributed by atoms with Crippen LogP contribution in [-0.4, -0.2) is 34.9 Å². The molecule has 0 saturated heterocycles. The van der Waals surface area contributed by atoms with Gasteiger partial charge in [0.25, 0.3) is 11.8 Å². The number of hydrogen-bond acceptors (Lipinski definition) is 4. The second-order valence-electron chi connectivity index (χ2n) is 4.80. The number of phenols is 1. The van der Waals surface area contributed by atoms with Crippen molar-refractivity contribution in [2.24, 2.45) is 0 Å². The van der Waals surface area contributed by atoms with E-state index in [0.29, 0.717) is 13.0 Å². The van der Waals surface area contributed by atoms with Crippen molar-refractivity contribution in [1.82, 2.24) is 4.90 Å². The van der Waals surface area contributed by atoms with E-state index in [1.54, 1.807) is 12.1 Å². The minimum absolute atomic E-state index is 0.211. The molecule has 0 bridgehead atoms. The van der Waals surface area contributed by atoms with Gasteiger partial charge in [0.15, 0.2) is 0 Å². The molecule has 5 nitrogen and oxygen atoms in total. The minimum atomic E-state index is -0.243. The van der Waals surface area contributed by atoms with Crippen LogP contribution in [0.2, 0.25) is 0 Å². The Morgan fingerprint density at radius 1 is 1.26 bits per heavy atom. The van der Waals surface area contributed by atoms with E-state index >= 15 is 0 Å². The van der Waals surface area contributed by atoms with E-state index in [-0.39, 0.29) is 23.5 Å². The summed E-state index contributed by atoms with van der Waals surface area (Å²) in [7, 11) is 0. The Labute approximate surface area is 110 Å². The number of anilines is 1. The average molecular weight is 258 g/mol. The number of rotatable bonds is 3. The fourth-order valence-electron chi connectivity index (χ4n) is 2.59. The van der Waals surface area contributed by atoms with Crippen LogP contribution in [0.25, 0.3) is 0 Å². The second-order valence-corrected chi connectivity index (χ2v) is 4.80. The largest absolute Gasteiger partial charge is 0.508 e. The van der Waals surface area contributed by atoms with Gasteiger partial charge in [-0.05, 0) is 30.2 Å². The Bertz CT molecular complexity index is 562. The summed E-state index contributed by atoms with van der Waals surface area (Å²) in [6, 6.07) is 5.23. The molecule has 0 aromatic heterocycles. The summed E-state index contributed by atoms with van der Waals surface area (Å²) in [5.41, 5.74) is 2.06. The Morgan fingerprint density at radius 2 is 2.00 bits per heavy atom. The number of nitrogens with zero attached hydrogens (tertiary/aromatic N) is 1. The van der Waals surface area contributed by atoms with Crippen LogP contribution in [0.5, 0.6) is 5.75 Å². The van der Waals surface area contributed by atoms with Crippen LogP contribution in [0.4, 0.5) is 5.69 Å². The summed E-state index contributed by atoms with van der Waals surface area (Å²) in [6.07, 6.45) is 3.30. The summed E-state index contributed by atoms with van der Waals surface area (Å²) in [5.74, 6) is -0.0371. The zero-order valence-corrected chi connectivity index (χ0v) is 10.3. The highest BCUT2D eigenvalue weighted by molar-refractivity contribution is 6.12. The molecule has 2 heterocycles. The molecule has 2 aliphatic heterocycles. The number of imide groups is 1. The number of fused-ring (bicyclic) bond motifs is 1. The molecule has 0 aliphatic carbocycles. The summed E-state index contributed by atoms with van der Waals surface area (Å²) in [4.78, 5) is 24.2. The first-order chi connectivity index (χ1) is 9.15. The lowest BCUT2D eigenvalue weighted by Crippen LogP contribution is -2.31. The molecule has 1 aromatic carbocycles. The first-order valence-electron chi connectivity index (χ1n) is 6.25. The first kappa shape index (κ1) is 11.8. The number of hydrogen-bond donors (Lipinski definition) is 2. The van der Waals surface area contributed by atoms with Crippen molar-refractivity contribution in [3.63, 3.8) is 0 Å². The lowest BCUT2D eigenvalue weighted by atomic mass is 9.97. The third kappa shape index (κ3) is 2.07. The minimum Gasteiger partial charge on any atom is -0.508 e. The van der Waals surface area contributed by atoms with Crippen LogP contribution < -0.4 is 5.32 Å². The number of phenolic OH excluding ortho intramolecular Hbond substituents is 1. The normalized spacial score (nSPS) is 20.8. The van der Waals surface area contributed by atoms with Crippen LogP contribution in [0.3, 0.4) is 0 Å². The number of nitrogens with one attached hydrogen (secondary N) is 1. The molecule has 19 heavy (non-hydrogen) atoms. The smallest absolute Gasteiger partial charge is 0.253 e. The molecule has 2 aliphatic rings. The van der Waals surface area contributed by atoms with E-state index in [9.17, 15) is 14.7 Å². The highest BCUT2D eigenvalue weighted by Gasteiger charge is 2.27. The maximum atomic E-state index is 11.5. The van der Waals surface area contributed by atoms with E-state index in [2.05, 4.69) is 5.32 Å². The highest BCUT2D eigenvalue weighted by Crippen LogP contribution is 2.35. The molecule has 0 radical (unpaired) electrons. The van der Waals surface area contributed by atoms with Gasteiger partial charge in [-0.25, -0.2) is 0 Å². The quantitative estimate of drug-likeness (QED) is 0.631. The fraction of sp³-hybridized carbons (Fsp3) is 0.286. The fourth-order valence-corrected chi connectivity index (χ4v) is 2.59. The topological polar surface area (TPSA) is 69.6 Å². The third-order valence-electron chi connectivity index (χ3n) is 3.62. The van der Waals surface area contributed by atoms with Gasteiger partial charge in [-0.3, -0.25) is 14.5 Å². The van der Waals surface area contributed by atoms with Crippen molar-refractivity contribution in [3.05, 3.63) is 35.9 Å². The molecule has 1 aromatic rings. The maximum Gasteiger partial charge on any atom is 0.253 e. The lowest BCUT2D eigenvalue weighted by Gasteiger charge is -2.16. The monoisotopic (exact) mass is 258 g/mol. The van der Waals surface area contributed by atoms with Crippen LogP contribution in [-0.2, 0) is 9.59 Å². The second kappa shape index (κ2) is 4.42. The predicted octanol–water partition coefficient (Wildman–Crippen LogP) is 1.22. The van der Waals surface area contributed by atoms with E-state index < -0.39 is 0 Å². The average Bonchev–Trinajstić information content (AvgIpc) is 2.92. The van der Waals surface area contributed by atoms with Crippen molar-refractivity contribution in [3.8, 4) is 5.75 Å². The molecule has 2 amide bonds. The number of aromatic hydroxyl groups is 1. The predicted molar refractivity (Wildman–Crippen MR) is 69.8 cm³/mol. The molecule has 0 fully saturated rings. The van der Waals surface area contributed by atoms with Gasteiger partial charge in [0.1, 0.15) is 5.75 Å². The Balaban J connectivity index is 1.69. The van der Waals surface area contributed by atoms with Crippen molar-refractivity contribution >= 4 is 17.5 Å². The molecule has 1 unspecified atom stereocenters. The molecule has 0 spiro atoms. The van der Waals surface area contributed by atoms with E-state index in [1.807, 2.05) is 6.07 Å². The SMILES string of the molecule is O=C1C=CC(=O)N1CCC1CNc2ccc(O)cc21. The number of benzene rings is 1. The number of carbonyl (C=O) groups is 2. The van der Waals surface area contributed by atoms with Gasteiger partial charge in [0.2, 0.25) is 0 Å². The van der Waals surface area contributed by atoms with Gasteiger partial charge in [-0.1, -0.05) is 0 Å². The molecular weight excluding hydrogens is 244 g/mol. The molecule has 3 rings (SSSR count). The van der Waals surface area contributed by atoms with Gasteiger partial charge in [-0.2, -0.15) is 0 Å². The van der Waals surface area contributed by atoms with Crippen LogP contribution in [0.1, 0.15) is 17.9 Å². The molecular formula is C14H14N2O3. The maximum absolute atomic E-state index is 11.5. The Hall–Kier alpha value is -2.30. The van der Waals surface area contributed by atoms with Crippen molar-refractivity contribution in [2.75, 3.05) is 18.4 Å². The van der Waals surface area contributed by atoms with Crippen molar-refractivity contribution in [2.45, 2.75) is 12.3 Å². The van der Waals surface area contributed by atoms with Gasteiger partial charge in [-0.15, -0.1) is 0 Å². The van der Waals surface area contributed by atoms with Gasteiger partial charge >= 0.3 is 0 Å². The number of carbonyl (C=O) groups excluding carboxylic acids is 2. The van der Waals surface area contributed by atoms with E-state index in [0.717, 1.165) is 17.8 Å². The molecule has 2 N–H and O–H groups in total. The van der Waals surface area contributed by atoms with E-state index in [4.69, 9.17) is 0 Å². The third-order valence-corrected chi connectivity index (χ3v) is 3.62.